The third-order valence-corrected chi connectivity index (χ3v) is 3.20. The summed E-state index contributed by atoms with van der Waals surface area (Å²) in [7, 11) is -3.67. The molecule has 8 heteroatoms. The molecule has 1 unspecified atom stereocenters. The van der Waals surface area contributed by atoms with Crippen LogP contribution in [0.4, 0.5) is 5.69 Å². The number of hydrogen-bond donors (Lipinski definition) is 5. The number of guanidine groups is 1. The van der Waals surface area contributed by atoms with Crippen molar-refractivity contribution in [1.82, 2.24) is 0 Å². The summed E-state index contributed by atoms with van der Waals surface area (Å²) in [4.78, 5) is 9.11. The number of rotatable bonds is 5. The molecule has 0 radical (unpaired) electrons. The molecule has 94 valence electrons. The molecule has 0 fully saturated rings. The summed E-state index contributed by atoms with van der Waals surface area (Å²) in [6.45, 7) is 0. The maximum atomic E-state index is 11.1. The van der Waals surface area contributed by atoms with Gasteiger partial charge in [0.25, 0.3) is 0 Å². The minimum atomic E-state index is -3.67. The number of nitrogens with two attached hydrogens (primary N) is 2. The summed E-state index contributed by atoms with van der Waals surface area (Å²) in [6, 6.07) is 6.98. The maximum absolute atomic E-state index is 11.1. The molecule has 0 aliphatic heterocycles. The van der Waals surface area contributed by atoms with Crippen molar-refractivity contribution >= 4 is 19.2 Å². The van der Waals surface area contributed by atoms with E-state index in [2.05, 4.69) is 15.8 Å². The minimum absolute atomic E-state index is 0.0387. The molecule has 7 nitrogen and oxygen atoms in total. The topological polar surface area (TPSA) is 134 Å². The Labute approximate surface area is 98.8 Å². The molecule has 17 heavy (non-hydrogen) atoms. The van der Waals surface area contributed by atoms with Gasteiger partial charge in [-0.15, -0.1) is 0 Å². The Hall–Kier alpha value is -1.40. The van der Waals surface area contributed by atoms with Crippen LogP contribution < -0.4 is 16.9 Å². The van der Waals surface area contributed by atoms with E-state index in [0.29, 0.717) is 12.1 Å². The highest BCUT2D eigenvalue weighted by Crippen LogP contribution is 2.39. The van der Waals surface area contributed by atoms with Gasteiger partial charge in [-0.25, -0.2) is 10.5 Å². The first-order valence-electron chi connectivity index (χ1n) is 4.83. The second-order valence-corrected chi connectivity index (χ2v) is 5.39. The fourth-order valence-corrected chi connectivity index (χ4v) is 1.88. The molecule has 1 rings (SSSR count). The first kappa shape index (κ1) is 13.7. The highest BCUT2D eigenvalue weighted by atomic mass is 31.2. The zero-order valence-corrected chi connectivity index (χ0v) is 9.98. The SMILES string of the molecule is N=C(N)Nc1ccc(CCP(=O)(O)ON)cc1. The van der Waals surface area contributed by atoms with Gasteiger partial charge in [-0.1, -0.05) is 12.1 Å². The van der Waals surface area contributed by atoms with E-state index < -0.39 is 7.60 Å². The summed E-state index contributed by atoms with van der Waals surface area (Å²) in [5.74, 6) is 4.54. The van der Waals surface area contributed by atoms with Crippen molar-refractivity contribution in [3.05, 3.63) is 29.8 Å². The molecule has 0 bridgehead atoms. The number of anilines is 1. The first-order valence-corrected chi connectivity index (χ1v) is 6.59. The lowest BCUT2D eigenvalue weighted by Gasteiger charge is -2.08. The zero-order valence-electron chi connectivity index (χ0n) is 9.09. The Morgan fingerprint density at radius 1 is 1.47 bits per heavy atom. The highest BCUT2D eigenvalue weighted by molar-refractivity contribution is 7.52. The zero-order chi connectivity index (χ0) is 12.9. The summed E-state index contributed by atoms with van der Waals surface area (Å²) >= 11 is 0. The summed E-state index contributed by atoms with van der Waals surface area (Å²) in [5.41, 5.74) is 6.72. The monoisotopic (exact) mass is 258 g/mol. The van der Waals surface area contributed by atoms with Crippen LogP contribution in [-0.4, -0.2) is 17.0 Å². The van der Waals surface area contributed by atoms with Gasteiger partial charge in [0.15, 0.2) is 5.96 Å². The Bertz CT molecular complexity index is 434. The van der Waals surface area contributed by atoms with Crippen molar-refractivity contribution < 1.29 is 14.1 Å². The quantitative estimate of drug-likeness (QED) is 0.227. The van der Waals surface area contributed by atoms with Crippen LogP contribution in [0.5, 0.6) is 0 Å². The molecule has 0 saturated carbocycles. The predicted molar refractivity (Wildman–Crippen MR) is 65.6 cm³/mol. The van der Waals surface area contributed by atoms with Crippen LogP contribution in [-0.2, 0) is 15.6 Å². The van der Waals surface area contributed by atoms with E-state index in [1.807, 2.05) is 0 Å². The Morgan fingerprint density at radius 2 is 2.06 bits per heavy atom. The fraction of sp³-hybridized carbons (Fsp3) is 0.222. The second-order valence-electron chi connectivity index (χ2n) is 3.45. The van der Waals surface area contributed by atoms with E-state index in [9.17, 15) is 4.57 Å². The third-order valence-electron chi connectivity index (χ3n) is 2.08. The van der Waals surface area contributed by atoms with E-state index in [1.165, 1.54) is 0 Å². The van der Waals surface area contributed by atoms with Crippen molar-refractivity contribution in [3.8, 4) is 0 Å². The van der Waals surface area contributed by atoms with E-state index in [1.54, 1.807) is 24.3 Å². The molecule has 0 aromatic heterocycles. The van der Waals surface area contributed by atoms with Crippen molar-refractivity contribution in [2.45, 2.75) is 6.42 Å². The van der Waals surface area contributed by atoms with Gasteiger partial charge in [0.05, 0.1) is 6.16 Å². The normalized spacial score (nSPS) is 14.0. The highest BCUT2D eigenvalue weighted by Gasteiger charge is 2.17. The smallest absolute Gasteiger partial charge is 0.344 e. The summed E-state index contributed by atoms with van der Waals surface area (Å²) in [5, 5.41) is 9.67. The molecule has 7 N–H and O–H groups in total. The number of nitrogens with one attached hydrogen (secondary N) is 2. The third kappa shape index (κ3) is 4.97. The lowest BCUT2D eigenvalue weighted by atomic mass is 10.1. The lowest BCUT2D eigenvalue weighted by molar-refractivity contribution is 0.268. The standard InChI is InChI=1S/C9H15N4O3P/c10-9(11)13-8-3-1-7(2-4-8)5-6-17(14,15)16-12/h1-4H,5-6,12H2,(H,14,15)(H4,10,11,13). The van der Waals surface area contributed by atoms with Gasteiger partial charge < -0.3 is 15.9 Å². The molecule has 1 aromatic carbocycles. The molecule has 0 spiro atoms. The molecule has 0 saturated heterocycles. The number of hydrogen-bond acceptors (Lipinski definition) is 4. The van der Waals surface area contributed by atoms with Crippen LogP contribution in [0, 0.1) is 5.41 Å². The van der Waals surface area contributed by atoms with Crippen LogP contribution in [0.3, 0.4) is 0 Å². The molecule has 1 aromatic rings. The Balaban J connectivity index is 2.57. The Kier molecular flexibility index (Phi) is 4.65. The Morgan fingerprint density at radius 3 is 2.53 bits per heavy atom. The van der Waals surface area contributed by atoms with Crippen LogP contribution in [0.2, 0.25) is 0 Å². The maximum Gasteiger partial charge on any atom is 0.344 e. The lowest BCUT2D eigenvalue weighted by Crippen LogP contribution is -2.20. The predicted octanol–water partition coefficient (Wildman–Crippen LogP) is 0.610. The van der Waals surface area contributed by atoms with Gasteiger partial charge in [-0.3, -0.25) is 9.97 Å². The van der Waals surface area contributed by atoms with Crippen molar-refractivity contribution in [1.29, 1.82) is 5.41 Å². The molecule has 0 aliphatic rings. The fourth-order valence-electron chi connectivity index (χ4n) is 1.23. The molecular weight excluding hydrogens is 243 g/mol. The second kappa shape index (κ2) is 5.79. The van der Waals surface area contributed by atoms with Crippen LogP contribution in [0.25, 0.3) is 0 Å². The molecule has 0 aliphatic carbocycles. The number of benzene rings is 1. The molecule has 0 heterocycles. The molecular formula is C9H15N4O3P. The van der Waals surface area contributed by atoms with E-state index in [-0.39, 0.29) is 12.1 Å². The summed E-state index contributed by atoms with van der Waals surface area (Å²) < 4.78 is 15.1. The molecule has 1 atom stereocenters. The van der Waals surface area contributed by atoms with Crippen LogP contribution in [0.1, 0.15) is 5.56 Å². The average Bonchev–Trinajstić information content (AvgIpc) is 2.28. The van der Waals surface area contributed by atoms with Gasteiger partial charge in [0, 0.05) is 5.69 Å². The van der Waals surface area contributed by atoms with Gasteiger partial charge in [0.1, 0.15) is 0 Å². The van der Waals surface area contributed by atoms with Crippen molar-refractivity contribution in [2.75, 3.05) is 11.5 Å². The summed E-state index contributed by atoms with van der Waals surface area (Å²) in [6.07, 6.45) is 0.342. The minimum Gasteiger partial charge on any atom is -0.370 e. The van der Waals surface area contributed by atoms with Gasteiger partial charge >= 0.3 is 7.60 Å². The van der Waals surface area contributed by atoms with E-state index in [4.69, 9.17) is 16.0 Å². The van der Waals surface area contributed by atoms with Crippen molar-refractivity contribution in [2.24, 2.45) is 11.6 Å². The number of aryl methyl sites for hydroxylation is 1. The van der Waals surface area contributed by atoms with E-state index in [0.717, 1.165) is 5.56 Å². The molecule has 0 amide bonds. The van der Waals surface area contributed by atoms with Gasteiger partial charge in [-0.05, 0) is 24.1 Å². The largest absolute Gasteiger partial charge is 0.370 e. The average molecular weight is 258 g/mol. The van der Waals surface area contributed by atoms with Crippen LogP contribution in [0.15, 0.2) is 24.3 Å². The van der Waals surface area contributed by atoms with Crippen molar-refractivity contribution in [3.63, 3.8) is 0 Å². The van der Waals surface area contributed by atoms with Gasteiger partial charge in [-0.2, -0.15) is 0 Å². The van der Waals surface area contributed by atoms with E-state index >= 15 is 0 Å². The van der Waals surface area contributed by atoms with Crippen LogP contribution >= 0.6 is 7.60 Å². The van der Waals surface area contributed by atoms with Gasteiger partial charge in [0.2, 0.25) is 0 Å². The first-order chi connectivity index (χ1) is 7.93.